The molecule has 3 aromatic carbocycles. The molecule has 0 spiro atoms. The van der Waals surface area contributed by atoms with Gasteiger partial charge in [-0.05, 0) is 41.3 Å². The van der Waals surface area contributed by atoms with E-state index in [-0.39, 0.29) is 15.2 Å². The summed E-state index contributed by atoms with van der Waals surface area (Å²) < 4.78 is 60.2. The average Bonchev–Trinajstić information content (AvgIpc) is 2.77. The number of rotatable bonds is 7. The number of methoxy groups -OCH3 is 1. The molecule has 0 unspecified atom stereocenters. The number of hydrogen-bond donors (Lipinski definition) is 0. The molecule has 0 aliphatic heterocycles. The lowest BCUT2D eigenvalue weighted by molar-refractivity contribution is 0.403. The van der Waals surface area contributed by atoms with Gasteiger partial charge in [-0.2, -0.15) is 0 Å². The van der Waals surface area contributed by atoms with Gasteiger partial charge in [-0.1, -0.05) is 73.0 Å². The highest BCUT2D eigenvalue weighted by Gasteiger charge is 2.37. The topological polar surface area (TPSA) is 80.8 Å². The van der Waals surface area contributed by atoms with Crippen LogP contribution in [0.15, 0.2) is 88.7 Å². The summed E-state index contributed by atoms with van der Waals surface area (Å²) in [5, 5.41) is 0. The van der Waals surface area contributed by atoms with Crippen molar-refractivity contribution in [3.05, 3.63) is 90.0 Å². The predicted octanol–water partition coefficient (Wildman–Crippen LogP) is 4.57. The van der Waals surface area contributed by atoms with Gasteiger partial charge in [0.15, 0.2) is 0 Å². The summed E-state index contributed by atoms with van der Waals surface area (Å²) in [6.07, 6.45) is 0. The zero-order valence-electron chi connectivity index (χ0n) is 18.5. The highest BCUT2D eigenvalue weighted by molar-refractivity contribution is 8.04. The minimum atomic E-state index is -4.39. The van der Waals surface area contributed by atoms with E-state index in [1.807, 2.05) is 26.8 Å². The molecule has 0 fully saturated rings. The standard InChI is InChI=1S/C24H27NO5S2/c1-24(2,3)20-15-16-23(30-4)19(17-20)18-25(31(26,27)21-11-7-5-8-12-21)32(28,29)22-13-9-6-10-14-22/h5-17H,18H2,1-4H3. The smallest absolute Gasteiger partial charge is 0.256 e. The highest BCUT2D eigenvalue weighted by Crippen LogP contribution is 2.32. The van der Waals surface area contributed by atoms with Crippen molar-refractivity contribution in [2.45, 2.75) is 42.5 Å². The van der Waals surface area contributed by atoms with Gasteiger partial charge in [0.25, 0.3) is 20.0 Å². The normalized spacial score (nSPS) is 12.7. The Balaban J connectivity index is 2.21. The molecule has 0 aliphatic carbocycles. The number of benzene rings is 3. The number of ether oxygens (including phenoxy) is 1. The molecule has 3 aromatic rings. The molecule has 0 aromatic heterocycles. The summed E-state index contributed by atoms with van der Waals surface area (Å²) in [5.41, 5.74) is 1.17. The maximum Gasteiger partial charge on any atom is 0.256 e. The van der Waals surface area contributed by atoms with Crippen LogP contribution in [0.5, 0.6) is 5.75 Å². The molecular weight excluding hydrogens is 446 g/mol. The molecule has 170 valence electrons. The minimum Gasteiger partial charge on any atom is -0.496 e. The second kappa shape index (κ2) is 9.05. The first kappa shape index (κ1) is 24.0. The van der Waals surface area contributed by atoms with Gasteiger partial charge in [-0.15, -0.1) is 0 Å². The fourth-order valence-electron chi connectivity index (χ4n) is 3.23. The first-order valence-electron chi connectivity index (χ1n) is 10.0. The molecular formula is C24H27NO5S2. The number of sulfonamides is 2. The zero-order valence-corrected chi connectivity index (χ0v) is 20.2. The lowest BCUT2D eigenvalue weighted by Gasteiger charge is -2.25. The van der Waals surface area contributed by atoms with Gasteiger partial charge in [0.2, 0.25) is 0 Å². The largest absolute Gasteiger partial charge is 0.496 e. The van der Waals surface area contributed by atoms with Gasteiger partial charge in [0.05, 0.1) is 23.4 Å². The first-order valence-corrected chi connectivity index (χ1v) is 12.9. The van der Waals surface area contributed by atoms with Gasteiger partial charge in [-0.3, -0.25) is 0 Å². The molecule has 0 atom stereocenters. The predicted molar refractivity (Wildman–Crippen MR) is 124 cm³/mol. The Morgan fingerprint density at radius 2 is 1.22 bits per heavy atom. The van der Waals surface area contributed by atoms with Crippen LogP contribution in [0.4, 0.5) is 0 Å². The second-order valence-electron chi connectivity index (χ2n) is 8.34. The third-order valence-electron chi connectivity index (χ3n) is 5.06. The average molecular weight is 474 g/mol. The van der Waals surface area contributed by atoms with Crippen molar-refractivity contribution in [2.75, 3.05) is 7.11 Å². The molecule has 0 saturated heterocycles. The molecule has 8 heteroatoms. The van der Waals surface area contributed by atoms with Gasteiger partial charge >= 0.3 is 0 Å². The fraction of sp³-hybridized carbons (Fsp3) is 0.250. The quantitative estimate of drug-likeness (QED) is 0.502. The summed E-state index contributed by atoms with van der Waals surface area (Å²) in [7, 11) is -7.31. The monoisotopic (exact) mass is 473 g/mol. The molecule has 0 radical (unpaired) electrons. The van der Waals surface area contributed by atoms with Crippen molar-refractivity contribution < 1.29 is 21.6 Å². The molecule has 3 rings (SSSR count). The summed E-state index contributed by atoms with van der Waals surface area (Å²) in [6, 6.07) is 20.5. The summed E-state index contributed by atoms with van der Waals surface area (Å²) in [4.78, 5) is -0.212. The molecule has 0 amide bonds. The molecule has 0 N–H and O–H groups in total. The molecule has 0 bridgehead atoms. The lowest BCUT2D eigenvalue weighted by Crippen LogP contribution is -2.36. The van der Waals surface area contributed by atoms with Gasteiger partial charge in [-0.25, -0.2) is 16.8 Å². The van der Waals surface area contributed by atoms with Crippen LogP contribution in [0.3, 0.4) is 0 Å². The Morgan fingerprint density at radius 3 is 1.62 bits per heavy atom. The van der Waals surface area contributed by atoms with E-state index < -0.39 is 26.6 Å². The van der Waals surface area contributed by atoms with E-state index in [1.54, 1.807) is 48.5 Å². The number of nitrogens with zero attached hydrogens (tertiary/aromatic N) is 1. The first-order chi connectivity index (χ1) is 15.0. The molecule has 32 heavy (non-hydrogen) atoms. The molecule has 0 aliphatic rings. The van der Waals surface area contributed by atoms with Crippen LogP contribution in [0.2, 0.25) is 0 Å². The van der Waals surface area contributed by atoms with E-state index in [0.717, 1.165) is 5.56 Å². The minimum absolute atomic E-state index is 0.106. The van der Waals surface area contributed by atoms with Crippen molar-refractivity contribution in [3.63, 3.8) is 0 Å². The SMILES string of the molecule is COc1ccc(C(C)(C)C)cc1CN(S(=O)(=O)c1ccccc1)S(=O)(=O)c1ccccc1. The molecule has 6 nitrogen and oxygen atoms in total. The Bertz CT molecular complexity index is 1210. The van der Waals surface area contributed by atoms with Crippen molar-refractivity contribution in [2.24, 2.45) is 0 Å². The van der Waals surface area contributed by atoms with Crippen molar-refractivity contribution in [1.82, 2.24) is 3.71 Å². The number of hydrogen-bond acceptors (Lipinski definition) is 5. The van der Waals surface area contributed by atoms with E-state index in [4.69, 9.17) is 4.74 Å². The zero-order chi connectivity index (χ0) is 23.6. The molecule has 0 heterocycles. The Morgan fingerprint density at radius 1 is 0.750 bits per heavy atom. The van der Waals surface area contributed by atoms with Crippen molar-refractivity contribution >= 4 is 20.0 Å². The van der Waals surface area contributed by atoms with E-state index in [0.29, 0.717) is 15.0 Å². The van der Waals surface area contributed by atoms with Crippen LogP contribution in [0.1, 0.15) is 31.9 Å². The Labute approximate surface area is 190 Å². The van der Waals surface area contributed by atoms with Crippen LogP contribution in [-0.2, 0) is 32.0 Å². The van der Waals surface area contributed by atoms with Crippen LogP contribution in [0.25, 0.3) is 0 Å². The summed E-state index contributed by atoms with van der Waals surface area (Å²) in [5.74, 6) is 0.412. The van der Waals surface area contributed by atoms with E-state index >= 15 is 0 Å². The Hall–Kier alpha value is -2.68. The summed E-state index contributed by atoms with van der Waals surface area (Å²) in [6.45, 7) is 5.68. The highest BCUT2D eigenvalue weighted by atomic mass is 32.3. The van der Waals surface area contributed by atoms with Crippen LogP contribution in [-0.4, -0.2) is 27.7 Å². The van der Waals surface area contributed by atoms with Crippen molar-refractivity contribution in [3.8, 4) is 5.75 Å². The van der Waals surface area contributed by atoms with E-state index in [2.05, 4.69) is 0 Å². The maximum atomic E-state index is 13.5. The summed E-state index contributed by atoms with van der Waals surface area (Å²) >= 11 is 0. The third kappa shape index (κ3) is 4.87. The van der Waals surface area contributed by atoms with E-state index in [9.17, 15) is 16.8 Å². The third-order valence-corrected chi connectivity index (χ3v) is 9.31. The lowest BCUT2D eigenvalue weighted by atomic mass is 9.86. The molecule has 0 saturated carbocycles. The fourth-order valence-corrected chi connectivity index (χ4v) is 6.87. The van der Waals surface area contributed by atoms with Gasteiger partial charge in [0.1, 0.15) is 5.75 Å². The van der Waals surface area contributed by atoms with Crippen LogP contribution in [0, 0.1) is 0 Å². The maximum absolute atomic E-state index is 13.5. The second-order valence-corrected chi connectivity index (χ2v) is 12.3. The van der Waals surface area contributed by atoms with Crippen molar-refractivity contribution in [1.29, 1.82) is 0 Å². The van der Waals surface area contributed by atoms with Gasteiger partial charge in [0, 0.05) is 5.56 Å². The van der Waals surface area contributed by atoms with Crippen LogP contribution >= 0.6 is 0 Å². The van der Waals surface area contributed by atoms with Crippen LogP contribution < -0.4 is 4.74 Å². The van der Waals surface area contributed by atoms with E-state index in [1.165, 1.54) is 31.4 Å². The van der Waals surface area contributed by atoms with Gasteiger partial charge < -0.3 is 4.74 Å². The Kier molecular flexibility index (Phi) is 6.78.